The summed E-state index contributed by atoms with van der Waals surface area (Å²) in [5.74, 6) is 0.634. The van der Waals surface area contributed by atoms with Crippen molar-refractivity contribution in [1.82, 2.24) is 0 Å². The highest BCUT2D eigenvalue weighted by Gasteiger charge is 2.29. The number of ether oxygens (including phenoxy) is 1. The topological polar surface area (TPSA) is 41.6 Å². The molecule has 2 aromatic carbocycles. The van der Waals surface area contributed by atoms with E-state index in [1.807, 2.05) is 41.3 Å². The Balaban J connectivity index is 2.01. The molecule has 1 aliphatic rings. The molecule has 2 aromatic rings. The zero-order valence-corrected chi connectivity index (χ0v) is 15.7. The molecule has 1 amide bonds. The number of carbonyl (C=O) groups is 1. The normalized spacial score (nSPS) is 15.9. The van der Waals surface area contributed by atoms with Gasteiger partial charge in [0.05, 0.1) is 23.0 Å². The monoisotopic (exact) mass is 388 g/mol. The number of methoxy groups -OCH3 is 1. The number of hydrogen-bond acceptors (Lipinski definition) is 3. The molecule has 1 N–H and O–H groups in total. The third kappa shape index (κ3) is 3.26. The van der Waals surface area contributed by atoms with Crippen LogP contribution < -0.4 is 15.0 Å². The summed E-state index contributed by atoms with van der Waals surface area (Å²) in [7, 11) is 1.60. The number of para-hydroxylation sites is 2. The molecule has 0 aliphatic carbocycles. The van der Waals surface area contributed by atoms with E-state index in [1.165, 1.54) is 0 Å². The van der Waals surface area contributed by atoms with Crippen molar-refractivity contribution >= 4 is 33.2 Å². The molecule has 5 heteroatoms. The van der Waals surface area contributed by atoms with Crippen molar-refractivity contribution in [2.75, 3.05) is 23.9 Å². The maximum Gasteiger partial charge on any atom is 0.258 e. The van der Waals surface area contributed by atoms with E-state index in [-0.39, 0.29) is 11.4 Å². The van der Waals surface area contributed by atoms with Crippen molar-refractivity contribution in [2.45, 2.75) is 25.8 Å². The Morgan fingerprint density at radius 2 is 2.00 bits per heavy atom. The number of hydrogen-bond donors (Lipinski definition) is 1. The number of nitrogens with one attached hydrogen (secondary N) is 1. The lowest BCUT2D eigenvalue weighted by Crippen LogP contribution is -2.35. The minimum atomic E-state index is -0.0669. The molecular formula is C19H21BrN2O2. The van der Waals surface area contributed by atoms with E-state index in [2.05, 4.69) is 35.1 Å². The second-order valence-electron chi connectivity index (χ2n) is 6.58. The number of halogens is 1. The van der Waals surface area contributed by atoms with Crippen LogP contribution in [-0.4, -0.2) is 25.1 Å². The van der Waals surface area contributed by atoms with E-state index in [0.29, 0.717) is 17.9 Å². The van der Waals surface area contributed by atoms with Crippen molar-refractivity contribution in [2.24, 2.45) is 0 Å². The molecule has 0 saturated carbocycles. The lowest BCUT2D eigenvalue weighted by molar-refractivity contribution is 0.0986. The minimum Gasteiger partial charge on any atom is -0.496 e. The largest absolute Gasteiger partial charge is 0.496 e. The fraction of sp³-hybridized carbons (Fsp3) is 0.316. The molecule has 3 rings (SSSR count). The van der Waals surface area contributed by atoms with E-state index in [0.717, 1.165) is 22.3 Å². The molecular weight excluding hydrogens is 368 g/mol. The number of carbonyl (C=O) groups excluding carboxylic acids is 1. The van der Waals surface area contributed by atoms with Gasteiger partial charge in [0.1, 0.15) is 5.75 Å². The smallest absolute Gasteiger partial charge is 0.258 e. The van der Waals surface area contributed by atoms with E-state index in [1.54, 1.807) is 13.2 Å². The quantitative estimate of drug-likeness (QED) is 0.810. The first-order valence-corrected chi connectivity index (χ1v) is 8.73. The maximum atomic E-state index is 13.1. The highest BCUT2D eigenvalue weighted by Crippen LogP contribution is 2.35. The van der Waals surface area contributed by atoms with Crippen LogP contribution in [0.2, 0.25) is 0 Å². The van der Waals surface area contributed by atoms with Gasteiger partial charge in [-0.3, -0.25) is 4.79 Å². The molecule has 126 valence electrons. The summed E-state index contributed by atoms with van der Waals surface area (Å²) in [6, 6.07) is 13.4. The summed E-state index contributed by atoms with van der Waals surface area (Å²) in [6.07, 6.45) is 0.862. The van der Waals surface area contributed by atoms with E-state index >= 15 is 0 Å². The molecule has 0 fully saturated rings. The average molecular weight is 389 g/mol. The molecule has 0 spiro atoms. The van der Waals surface area contributed by atoms with Crippen molar-refractivity contribution < 1.29 is 9.53 Å². The van der Waals surface area contributed by atoms with Crippen LogP contribution in [0.1, 0.15) is 30.6 Å². The molecule has 1 aliphatic heterocycles. The summed E-state index contributed by atoms with van der Waals surface area (Å²) in [5.41, 5.74) is 2.44. The van der Waals surface area contributed by atoms with Crippen molar-refractivity contribution in [1.29, 1.82) is 0 Å². The third-order valence-corrected chi connectivity index (χ3v) is 4.93. The Morgan fingerprint density at radius 1 is 1.25 bits per heavy atom. The Hall–Kier alpha value is -2.01. The van der Waals surface area contributed by atoms with Gasteiger partial charge in [-0.05, 0) is 66.5 Å². The van der Waals surface area contributed by atoms with Gasteiger partial charge in [0.25, 0.3) is 5.91 Å². The van der Waals surface area contributed by atoms with Gasteiger partial charge >= 0.3 is 0 Å². The van der Waals surface area contributed by atoms with Crippen molar-refractivity contribution in [3.05, 3.63) is 52.5 Å². The number of rotatable bonds is 2. The summed E-state index contributed by atoms with van der Waals surface area (Å²) in [6.45, 7) is 4.97. The highest BCUT2D eigenvalue weighted by atomic mass is 79.9. The summed E-state index contributed by atoms with van der Waals surface area (Å²) >= 11 is 3.43. The van der Waals surface area contributed by atoms with Gasteiger partial charge in [0, 0.05) is 17.6 Å². The second-order valence-corrected chi connectivity index (χ2v) is 7.44. The fourth-order valence-electron chi connectivity index (χ4n) is 2.91. The molecule has 1 heterocycles. The standard InChI is InChI=1S/C19H21BrN2O2/c1-19(2)10-11-22(16-7-5-4-6-15(16)21-19)18(23)13-8-9-14(20)17(12-13)24-3/h4-9,12,21H,10-11H2,1-3H3. The zero-order chi connectivity index (χ0) is 17.3. The number of anilines is 2. The van der Waals surface area contributed by atoms with E-state index in [4.69, 9.17) is 4.74 Å². The molecule has 0 unspecified atom stereocenters. The average Bonchev–Trinajstić information content (AvgIpc) is 2.69. The molecule has 0 aromatic heterocycles. The summed E-state index contributed by atoms with van der Waals surface area (Å²) in [4.78, 5) is 15.0. The van der Waals surface area contributed by atoms with Gasteiger partial charge < -0.3 is 15.0 Å². The van der Waals surface area contributed by atoms with Crippen LogP contribution >= 0.6 is 15.9 Å². The maximum absolute atomic E-state index is 13.1. The second kappa shape index (κ2) is 6.48. The molecule has 0 saturated heterocycles. The number of fused-ring (bicyclic) bond motifs is 1. The Kier molecular flexibility index (Phi) is 4.54. The third-order valence-electron chi connectivity index (χ3n) is 4.27. The van der Waals surface area contributed by atoms with Crippen molar-refractivity contribution in [3.63, 3.8) is 0 Å². The van der Waals surface area contributed by atoms with Crippen molar-refractivity contribution in [3.8, 4) is 5.75 Å². The first kappa shape index (κ1) is 16.8. The Bertz CT molecular complexity index is 774. The van der Waals surface area contributed by atoms with E-state index in [9.17, 15) is 4.79 Å². The van der Waals surface area contributed by atoms with Crippen LogP contribution in [0.25, 0.3) is 0 Å². The van der Waals surface area contributed by atoms with Crippen LogP contribution in [0.3, 0.4) is 0 Å². The Morgan fingerprint density at radius 3 is 2.75 bits per heavy atom. The van der Waals surface area contributed by atoms with Gasteiger partial charge in [-0.25, -0.2) is 0 Å². The summed E-state index contributed by atoms with van der Waals surface area (Å²) < 4.78 is 6.15. The predicted octanol–water partition coefficient (Wildman–Crippen LogP) is 4.70. The van der Waals surface area contributed by atoms with E-state index < -0.39 is 0 Å². The van der Waals surface area contributed by atoms with Crippen LogP contribution in [0.4, 0.5) is 11.4 Å². The fourth-order valence-corrected chi connectivity index (χ4v) is 3.32. The van der Waals surface area contributed by atoms with Gasteiger partial charge in [0.2, 0.25) is 0 Å². The zero-order valence-electron chi connectivity index (χ0n) is 14.1. The predicted molar refractivity (Wildman–Crippen MR) is 101 cm³/mol. The molecule has 24 heavy (non-hydrogen) atoms. The number of nitrogens with zero attached hydrogens (tertiary/aromatic N) is 1. The van der Waals surface area contributed by atoms with Crippen LogP contribution in [0.5, 0.6) is 5.75 Å². The van der Waals surface area contributed by atoms with Crippen LogP contribution in [0.15, 0.2) is 46.9 Å². The van der Waals surface area contributed by atoms with Crippen LogP contribution in [-0.2, 0) is 0 Å². The molecule has 0 radical (unpaired) electrons. The Labute approximate surface area is 150 Å². The van der Waals surface area contributed by atoms with Gasteiger partial charge in [-0.1, -0.05) is 12.1 Å². The molecule has 4 nitrogen and oxygen atoms in total. The SMILES string of the molecule is COc1cc(C(=O)N2CCC(C)(C)Nc3ccccc32)ccc1Br. The van der Waals surface area contributed by atoms with Crippen LogP contribution in [0, 0.1) is 0 Å². The minimum absolute atomic E-state index is 0.0206. The lowest BCUT2D eigenvalue weighted by Gasteiger charge is -2.25. The van der Waals surface area contributed by atoms with Gasteiger partial charge in [-0.2, -0.15) is 0 Å². The number of amides is 1. The number of benzene rings is 2. The highest BCUT2D eigenvalue weighted by molar-refractivity contribution is 9.10. The first-order valence-electron chi connectivity index (χ1n) is 7.94. The first-order chi connectivity index (χ1) is 11.4. The lowest BCUT2D eigenvalue weighted by atomic mass is 10.0. The summed E-state index contributed by atoms with van der Waals surface area (Å²) in [5, 5.41) is 3.54. The molecule has 0 bridgehead atoms. The molecule has 0 atom stereocenters. The van der Waals surface area contributed by atoms with Gasteiger partial charge in [-0.15, -0.1) is 0 Å². The van der Waals surface area contributed by atoms with Gasteiger partial charge in [0.15, 0.2) is 0 Å².